The van der Waals surface area contributed by atoms with Crippen molar-refractivity contribution in [3.05, 3.63) is 73.7 Å². The Morgan fingerprint density at radius 1 is 1.00 bits per heavy atom. The monoisotopic (exact) mass is 392 g/mol. The van der Waals surface area contributed by atoms with Crippen molar-refractivity contribution in [2.24, 2.45) is 0 Å². The van der Waals surface area contributed by atoms with Crippen LogP contribution in [0.4, 0.5) is 0 Å². The van der Waals surface area contributed by atoms with E-state index in [0.717, 1.165) is 14.5 Å². The molecule has 0 atom stereocenters. The smallest absolute Gasteiger partial charge is 0.185 e. The Balaban J connectivity index is 2.23. The molecule has 0 unspecified atom stereocenters. The van der Waals surface area contributed by atoms with Crippen LogP contribution in [0.5, 0.6) is 0 Å². The van der Waals surface area contributed by atoms with E-state index in [9.17, 15) is 4.79 Å². The maximum absolute atomic E-state index is 12.1. The van der Waals surface area contributed by atoms with E-state index in [4.69, 9.17) is 0 Å². The minimum absolute atomic E-state index is 0.00243. The number of hydrogen-bond donors (Lipinski definition) is 0. The Hall–Kier alpha value is -1.19. The summed E-state index contributed by atoms with van der Waals surface area (Å²) in [6.07, 6.45) is 3.46. The van der Waals surface area contributed by atoms with Crippen LogP contribution in [0.15, 0.2) is 51.4 Å². The molecule has 0 spiro atoms. The van der Waals surface area contributed by atoms with E-state index in [0.29, 0.717) is 5.56 Å². The third-order valence-corrected chi connectivity index (χ3v) is 4.37. The molecule has 0 aliphatic rings. The maximum atomic E-state index is 12.1. The molecule has 0 aromatic heterocycles. The van der Waals surface area contributed by atoms with Gasteiger partial charge in [0.05, 0.1) is 0 Å². The summed E-state index contributed by atoms with van der Waals surface area (Å²) in [6, 6.07) is 11.5. The molecule has 20 heavy (non-hydrogen) atoms. The highest BCUT2D eigenvalue weighted by Crippen LogP contribution is 2.23. The van der Waals surface area contributed by atoms with Gasteiger partial charge in [0.25, 0.3) is 0 Å². The highest BCUT2D eigenvalue weighted by molar-refractivity contribution is 9.10. The van der Waals surface area contributed by atoms with Crippen molar-refractivity contribution in [2.75, 3.05) is 0 Å². The van der Waals surface area contributed by atoms with E-state index in [1.165, 1.54) is 11.1 Å². The van der Waals surface area contributed by atoms with E-state index in [2.05, 4.69) is 57.8 Å². The Bertz CT molecular complexity index is 670. The number of aryl methyl sites for hydroxylation is 2. The third-order valence-electron chi connectivity index (χ3n) is 3.16. The number of ketones is 1. The molecule has 3 heteroatoms. The van der Waals surface area contributed by atoms with Gasteiger partial charge >= 0.3 is 0 Å². The number of hydrogen-bond acceptors (Lipinski definition) is 1. The summed E-state index contributed by atoms with van der Waals surface area (Å²) in [7, 11) is 0. The standard InChI is InChI=1S/C17H14Br2O/c1-11-9-14(16(19)10-12(11)2)5-8-17(20)13-3-6-15(18)7-4-13/h3-10H,1-2H3/b8-5+. The second-order valence-electron chi connectivity index (χ2n) is 4.66. The van der Waals surface area contributed by atoms with Crippen LogP contribution in [0.1, 0.15) is 27.0 Å². The van der Waals surface area contributed by atoms with Crippen LogP contribution in [0.3, 0.4) is 0 Å². The van der Waals surface area contributed by atoms with Gasteiger partial charge in [-0.3, -0.25) is 4.79 Å². The zero-order chi connectivity index (χ0) is 14.7. The van der Waals surface area contributed by atoms with Gasteiger partial charge in [0.1, 0.15) is 0 Å². The fourth-order valence-corrected chi connectivity index (χ4v) is 2.66. The Morgan fingerprint density at radius 3 is 2.25 bits per heavy atom. The number of carbonyl (C=O) groups excluding carboxylic acids is 1. The average molecular weight is 394 g/mol. The fourth-order valence-electron chi connectivity index (χ4n) is 1.81. The lowest BCUT2D eigenvalue weighted by atomic mass is 10.0. The lowest BCUT2D eigenvalue weighted by molar-refractivity contribution is 0.104. The van der Waals surface area contributed by atoms with Crippen LogP contribution in [0, 0.1) is 13.8 Å². The van der Waals surface area contributed by atoms with Crippen LogP contribution in [-0.2, 0) is 0 Å². The van der Waals surface area contributed by atoms with Crippen molar-refractivity contribution in [2.45, 2.75) is 13.8 Å². The van der Waals surface area contributed by atoms with Crippen molar-refractivity contribution >= 4 is 43.7 Å². The molecule has 0 N–H and O–H groups in total. The normalized spacial score (nSPS) is 11.0. The molecular formula is C17H14Br2O. The topological polar surface area (TPSA) is 17.1 Å². The summed E-state index contributed by atoms with van der Waals surface area (Å²) in [5, 5.41) is 0. The first-order valence-electron chi connectivity index (χ1n) is 6.22. The number of rotatable bonds is 3. The number of benzene rings is 2. The molecule has 0 saturated heterocycles. The molecule has 0 aliphatic carbocycles. The van der Waals surface area contributed by atoms with E-state index in [1.54, 1.807) is 6.08 Å². The molecule has 1 nitrogen and oxygen atoms in total. The van der Waals surface area contributed by atoms with E-state index < -0.39 is 0 Å². The number of allylic oxidation sites excluding steroid dienone is 1. The molecule has 2 rings (SSSR count). The maximum Gasteiger partial charge on any atom is 0.185 e. The lowest BCUT2D eigenvalue weighted by Crippen LogP contribution is -1.93. The quantitative estimate of drug-likeness (QED) is 0.481. The summed E-state index contributed by atoms with van der Waals surface area (Å²) < 4.78 is 1.97. The molecule has 102 valence electrons. The van der Waals surface area contributed by atoms with Gasteiger partial charge < -0.3 is 0 Å². The van der Waals surface area contributed by atoms with Gasteiger partial charge in [-0.15, -0.1) is 0 Å². The van der Waals surface area contributed by atoms with Gasteiger partial charge in [-0.2, -0.15) is 0 Å². The van der Waals surface area contributed by atoms with Crippen LogP contribution in [0.2, 0.25) is 0 Å². The molecule has 0 amide bonds. The Labute approximate surface area is 136 Å². The zero-order valence-electron chi connectivity index (χ0n) is 11.3. The van der Waals surface area contributed by atoms with E-state index in [1.807, 2.05) is 30.3 Å². The average Bonchev–Trinajstić information content (AvgIpc) is 2.42. The fraction of sp³-hybridized carbons (Fsp3) is 0.118. The molecule has 0 fully saturated rings. The summed E-state index contributed by atoms with van der Waals surface area (Å²) >= 11 is 6.89. The number of halogens is 2. The van der Waals surface area contributed by atoms with Crippen molar-refractivity contribution in [3.63, 3.8) is 0 Å². The SMILES string of the molecule is Cc1cc(Br)c(/C=C/C(=O)c2ccc(Br)cc2)cc1C. The Morgan fingerprint density at radius 2 is 1.60 bits per heavy atom. The molecule has 0 aliphatic heterocycles. The summed E-state index contributed by atoms with van der Waals surface area (Å²) in [4.78, 5) is 12.1. The molecule has 0 bridgehead atoms. The molecule has 2 aromatic rings. The molecule has 0 radical (unpaired) electrons. The molecular weight excluding hydrogens is 380 g/mol. The van der Waals surface area contributed by atoms with Gasteiger partial charge in [-0.05, 0) is 73.0 Å². The van der Waals surface area contributed by atoms with Gasteiger partial charge in [0.2, 0.25) is 0 Å². The molecule has 2 aromatic carbocycles. The van der Waals surface area contributed by atoms with Gasteiger partial charge in [-0.1, -0.05) is 37.9 Å². The van der Waals surface area contributed by atoms with Crippen LogP contribution in [-0.4, -0.2) is 5.78 Å². The minimum atomic E-state index is 0.00243. The van der Waals surface area contributed by atoms with Crippen molar-refractivity contribution in [1.82, 2.24) is 0 Å². The first-order chi connectivity index (χ1) is 9.47. The predicted molar refractivity (Wildman–Crippen MR) is 91.1 cm³/mol. The van der Waals surface area contributed by atoms with Crippen molar-refractivity contribution in [3.8, 4) is 0 Å². The second kappa shape index (κ2) is 6.51. The van der Waals surface area contributed by atoms with Gasteiger partial charge in [-0.25, -0.2) is 0 Å². The lowest BCUT2D eigenvalue weighted by Gasteiger charge is -2.04. The van der Waals surface area contributed by atoms with E-state index in [-0.39, 0.29) is 5.78 Å². The summed E-state index contributed by atoms with van der Waals surface area (Å²) in [6.45, 7) is 4.14. The zero-order valence-corrected chi connectivity index (χ0v) is 14.5. The predicted octanol–water partition coefficient (Wildman–Crippen LogP) is 5.72. The third kappa shape index (κ3) is 3.68. The van der Waals surface area contributed by atoms with E-state index >= 15 is 0 Å². The first kappa shape index (κ1) is 15.2. The first-order valence-corrected chi connectivity index (χ1v) is 7.80. The van der Waals surface area contributed by atoms with Crippen molar-refractivity contribution in [1.29, 1.82) is 0 Å². The second-order valence-corrected chi connectivity index (χ2v) is 6.43. The Kier molecular flexibility index (Phi) is 4.95. The number of carbonyl (C=O) groups is 1. The summed E-state index contributed by atoms with van der Waals surface area (Å²) in [5.41, 5.74) is 4.14. The van der Waals surface area contributed by atoms with Gasteiger partial charge in [0, 0.05) is 14.5 Å². The minimum Gasteiger partial charge on any atom is -0.289 e. The highest BCUT2D eigenvalue weighted by atomic mass is 79.9. The van der Waals surface area contributed by atoms with Crippen LogP contribution < -0.4 is 0 Å². The molecule has 0 heterocycles. The van der Waals surface area contributed by atoms with Crippen LogP contribution >= 0.6 is 31.9 Å². The summed E-state index contributed by atoms with van der Waals surface area (Å²) in [5.74, 6) is 0.00243. The highest BCUT2D eigenvalue weighted by Gasteiger charge is 2.03. The van der Waals surface area contributed by atoms with Crippen LogP contribution in [0.25, 0.3) is 6.08 Å². The molecule has 0 saturated carbocycles. The van der Waals surface area contributed by atoms with Crippen molar-refractivity contribution < 1.29 is 4.79 Å². The van der Waals surface area contributed by atoms with Gasteiger partial charge in [0.15, 0.2) is 5.78 Å². The largest absolute Gasteiger partial charge is 0.289 e.